The maximum absolute atomic E-state index is 10.8. The summed E-state index contributed by atoms with van der Waals surface area (Å²) in [7, 11) is 1.98. The van der Waals surface area contributed by atoms with E-state index in [4.69, 9.17) is 23.2 Å². The predicted octanol–water partition coefficient (Wildman–Crippen LogP) is 5.00. The SMILES string of the molecule is CC(c1cccc(Cl)c1)N(C)c1ccc(C=O)c(Cl)c1. The fourth-order valence-corrected chi connectivity index (χ4v) is 2.46. The van der Waals surface area contributed by atoms with E-state index in [2.05, 4.69) is 11.8 Å². The number of halogens is 2. The smallest absolute Gasteiger partial charge is 0.151 e. The molecule has 0 aliphatic rings. The highest BCUT2D eigenvalue weighted by Crippen LogP contribution is 2.29. The van der Waals surface area contributed by atoms with Crippen LogP contribution in [0.5, 0.6) is 0 Å². The van der Waals surface area contributed by atoms with E-state index in [1.54, 1.807) is 12.1 Å². The Morgan fingerprint density at radius 1 is 1.15 bits per heavy atom. The van der Waals surface area contributed by atoms with Crippen LogP contribution in [0.3, 0.4) is 0 Å². The number of hydrogen-bond acceptors (Lipinski definition) is 2. The van der Waals surface area contributed by atoms with Gasteiger partial charge in [0.2, 0.25) is 0 Å². The van der Waals surface area contributed by atoms with Crippen LogP contribution in [-0.2, 0) is 0 Å². The maximum Gasteiger partial charge on any atom is 0.151 e. The van der Waals surface area contributed by atoms with Crippen molar-refractivity contribution in [2.75, 3.05) is 11.9 Å². The van der Waals surface area contributed by atoms with Crippen LogP contribution in [-0.4, -0.2) is 13.3 Å². The largest absolute Gasteiger partial charge is 0.368 e. The second kappa shape index (κ2) is 6.29. The third-order valence-corrected chi connectivity index (χ3v) is 3.99. The summed E-state index contributed by atoms with van der Waals surface area (Å²) in [4.78, 5) is 12.9. The van der Waals surface area contributed by atoms with Gasteiger partial charge in [-0.1, -0.05) is 35.3 Å². The minimum Gasteiger partial charge on any atom is -0.368 e. The Morgan fingerprint density at radius 3 is 2.50 bits per heavy atom. The zero-order valence-corrected chi connectivity index (χ0v) is 12.8. The number of carbonyl (C=O) groups is 1. The average molecular weight is 308 g/mol. The number of carbonyl (C=O) groups excluding carboxylic acids is 1. The third kappa shape index (κ3) is 3.14. The lowest BCUT2D eigenvalue weighted by Gasteiger charge is -2.28. The standard InChI is InChI=1S/C16H15Cl2NO/c1-11(12-4-3-5-14(17)8-12)19(2)15-7-6-13(10-20)16(18)9-15/h3-11H,1-2H3. The van der Waals surface area contributed by atoms with E-state index in [0.717, 1.165) is 22.6 Å². The monoisotopic (exact) mass is 307 g/mol. The lowest BCUT2D eigenvalue weighted by molar-refractivity contribution is 0.112. The van der Waals surface area contributed by atoms with Crippen molar-refractivity contribution in [2.45, 2.75) is 13.0 Å². The average Bonchev–Trinajstić information content (AvgIpc) is 2.45. The molecular formula is C16H15Cl2NO. The Balaban J connectivity index is 2.28. The van der Waals surface area contributed by atoms with E-state index in [1.807, 2.05) is 37.4 Å². The zero-order chi connectivity index (χ0) is 14.7. The summed E-state index contributed by atoms with van der Waals surface area (Å²) < 4.78 is 0. The van der Waals surface area contributed by atoms with Gasteiger partial charge in [-0.15, -0.1) is 0 Å². The first-order valence-corrected chi connectivity index (χ1v) is 7.01. The quantitative estimate of drug-likeness (QED) is 0.741. The van der Waals surface area contributed by atoms with Gasteiger partial charge in [0.25, 0.3) is 0 Å². The van der Waals surface area contributed by atoms with Crippen LogP contribution in [0.1, 0.15) is 28.9 Å². The number of hydrogen-bond donors (Lipinski definition) is 0. The van der Waals surface area contributed by atoms with Crippen LogP contribution in [0.4, 0.5) is 5.69 Å². The van der Waals surface area contributed by atoms with E-state index in [0.29, 0.717) is 10.6 Å². The van der Waals surface area contributed by atoms with Crippen LogP contribution >= 0.6 is 23.2 Å². The van der Waals surface area contributed by atoms with Crippen molar-refractivity contribution < 1.29 is 4.79 Å². The Morgan fingerprint density at radius 2 is 1.90 bits per heavy atom. The summed E-state index contributed by atoms with van der Waals surface area (Å²) in [5.74, 6) is 0. The summed E-state index contributed by atoms with van der Waals surface area (Å²) in [6.45, 7) is 2.09. The molecule has 1 unspecified atom stereocenters. The molecule has 0 amide bonds. The van der Waals surface area contributed by atoms with Gasteiger partial charge in [-0.2, -0.15) is 0 Å². The van der Waals surface area contributed by atoms with Crippen molar-refractivity contribution in [3.8, 4) is 0 Å². The van der Waals surface area contributed by atoms with E-state index in [1.165, 1.54) is 0 Å². The molecule has 1 atom stereocenters. The summed E-state index contributed by atoms with van der Waals surface area (Å²) in [5, 5.41) is 1.18. The summed E-state index contributed by atoms with van der Waals surface area (Å²) in [5.41, 5.74) is 2.57. The van der Waals surface area contributed by atoms with Crippen LogP contribution < -0.4 is 4.90 Å². The Labute approximate surface area is 128 Å². The summed E-state index contributed by atoms with van der Waals surface area (Å²) in [6, 6.07) is 13.3. The first-order valence-electron chi connectivity index (χ1n) is 6.26. The van der Waals surface area contributed by atoms with Crippen LogP contribution in [0, 0.1) is 0 Å². The number of nitrogens with zero attached hydrogens (tertiary/aromatic N) is 1. The van der Waals surface area contributed by atoms with Gasteiger partial charge in [0.15, 0.2) is 6.29 Å². The van der Waals surface area contributed by atoms with Crippen LogP contribution in [0.2, 0.25) is 10.0 Å². The number of rotatable bonds is 4. The number of benzene rings is 2. The summed E-state index contributed by atoms with van der Waals surface area (Å²) in [6.07, 6.45) is 0.756. The van der Waals surface area contributed by atoms with Gasteiger partial charge < -0.3 is 4.90 Å². The number of aldehydes is 1. The van der Waals surface area contributed by atoms with Gasteiger partial charge in [-0.05, 0) is 42.8 Å². The molecule has 4 heteroatoms. The minimum atomic E-state index is 0.145. The van der Waals surface area contributed by atoms with Crippen molar-refractivity contribution in [2.24, 2.45) is 0 Å². The first kappa shape index (κ1) is 14.9. The molecule has 0 bridgehead atoms. The van der Waals surface area contributed by atoms with E-state index < -0.39 is 0 Å². The fourth-order valence-electron chi connectivity index (χ4n) is 2.04. The predicted molar refractivity (Wildman–Crippen MR) is 85.1 cm³/mol. The Bertz CT molecular complexity index is 628. The highest BCUT2D eigenvalue weighted by molar-refractivity contribution is 6.33. The first-order chi connectivity index (χ1) is 9.52. The molecule has 0 radical (unpaired) electrons. The highest BCUT2D eigenvalue weighted by Gasteiger charge is 2.13. The molecule has 0 N–H and O–H groups in total. The molecule has 20 heavy (non-hydrogen) atoms. The molecule has 0 aromatic heterocycles. The van der Waals surface area contributed by atoms with Gasteiger partial charge >= 0.3 is 0 Å². The van der Waals surface area contributed by atoms with Crippen molar-refractivity contribution in [1.29, 1.82) is 0 Å². The molecule has 0 aliphatic heterocycles. The molecule has 2 nitrogen and oxygen atoms in total. The molecule has 0 saturated heterocycles. The van der Waals surface area contributed by atoms with E-state index in [-0.39, 0.29) is 6.04 Å². The Hall–Kier alpha value is -1.51. The van der Waals surface area contributed by atoms with Gasteiger partial charge in [0, 0.05) is 23.3 Å². The second-order valence-corrected chi connectivity index (χ2v) is 5.51. The minimum absolute atomic E-state index is 0.145. The van der Waals surface area contributed by atoms with Crippen LogP contribution in [0.15, 0.2) is 42.5 Å². The second-order valence-electron chi connectivity index (χ2n) is 4.67. The normalized spacial score (nSPS) is 12.0. The molecule has 2 aromatic rings. The molecule has 104 valence electrons. The molecule has 0 spiro atoms. The van der Waals surface area contributed by atoms with Crippen molar-refractivity contribution in [3.05, 3.63) is 63.6 Å². The van der Waals surface area contributed by atoms with Crippen molar-refractivity contribution >= 4 is 35.2 Å². The molecule has 0 heterocycles. The lowest BCUT2D eigenvalue weighted by Crippen LogP contribution is -2.21. The van der Waals surface area contributed by atoms with Crippen molar-refractivity contribution in [3.63, 3.8) is 0 Å². The third-order valence-electron chi connectivity index (χ3n) is 3.43. The van der Waals surface area contributed by atoms with Crippen LogP contribution in [0.25, 0.3) is 0 Å². The van der Waals surface area contributed by atoms with Gasteiger partial charge in [-0.3, -0.25) is 4.79 Å². The number of anilines is 1. The van der Waals surface area contributed by atoms with Gasteiger partial charge in [-0.25, -0.2) is 0 Å². The molecule has 0 aliphatic carbocycles. The van der Waals surface area contributed by atoms with E-state index >= 15 is 0 Å². The maximum atomic E-state index is 10.8. The highest BCUT2D eigenvalue weighted by atomic mass is 35.5. The van der Waals surface area contributed by atoms with E-state index in [9.17, 15) is 4.79 Å². The van der Waals surface area contributed by atoms with Crippen molar-refractivity contribution in [1.82, 2.24) is 0 Å². The zero-order valence-electron chi connectivity index (χ0n) is 11.3. The molecule has 0 saturated carbocycles. The molecular weight excluding hydrogens is 293 g/mol. The van der Waals surface area contributed by atoms with Gasteiger partial charge in [0.05, 0.1) is 11.1 Å². The van der Waals surface area contributed by atoms with Gasteiger partial charge in [0.1, 0.15) is 0 Å². The molecule has 2 rings (SSSR count). The Kier molecular flexibility index (Phi) is 4.69. The fraction of sp³-hybridized carbons (Fsp3) is 0.188. The lowest BCUT2D eigenvalue weighted by atomic mass is 10.1. The molecule has 0 fully saturated rings. The molecule has 2 aromatic carbocycles. The topological polar surface area (TPSA) is 20.3 Å². The summed E-state index contributed by atoms with van der Waals surface area (Å²) >= 11 is 12.1.